The molecule has 1 unspecified atom stereocenters. The van der Waals surface area contributed by atoms with E-state index < -0.39 is 10.0 Å². The zero-order chi connectivity index (χ0) is 15.0. The Bertz CT molecular complexity index is 734. The number of nitrogens with zero attached hydrogens (tertiary/aromatic N) is 3. The first kappa shape index (κ1) is 14.3. The zero-order valence-electron chi connectivity index (χ0n) is 12.0. The fourth-order valence-electron chi connectivity index (χ4n) is 2.77. The molecule has 1 fully saturated rings. The van der Waals surface area contributed by atoms with E-state index in [1.165, 1.54) is 10.6 Å². The monoisotopic (exact) mass is 310 g/mol. The smallest absolute Gasteiger partial charge is 0.211 e. The Hall–Kier alpha value is -1.67. The molecule has 3 heterocycles. The van der Waals surface area contributed by atoms with E-state index in [0.717, 1.165) is 29.8 Å². The van der Waals surface area contributed by atoms with Crippen LogP contribution in [0.3, 0.4) is 0 Å². The van der Waals surface area contributed by atoms with Crippen LogP contribution in [0.5, 0.6) is 0 Å². The maximum Gasteiger partial charge on any atom is 0.211 e. The highest BCUT2D eigenvalue weighted by atomic mass is 32.2. The van der Waals surface area contributed by atoms with E-state index in [2.05, 4.69) is 15.4 Å². The molecule has 2 aromatic rings. The molecule has 0 spiro atoms. The van der Waals surface area contributed by atoms with Crippen LogP contribution in [0.25, 0.3) is 11.3 Å². The SMILES string of the molecule is Cc1cc(-c2cn[nH]c2C2CCCN(S(C)(=O)=O)C2)on1. The third-order valence-electron chi connectivity index (χ3n) is 3.82. The lowest BCUT2D eigenvalue weighted by molar-refractivity contribution is 0.314. The van der Waals surface area contributed by atoms with E-state index in [1.807, 2.05) is 13.0 Å². The quantitative estimate of drug-likeness (QED) is 0.927. The molecule has 114 valence electrons. The molecule has 1 saturated heterocycles. The van der Waals surface area contributed by atoms with E-state index in [4.69, 9.17) is 4.52 Å². The molecule has 0 aromatic carbocycles. The van der Waals surface area contributed by atoms with E-state index in [1.54, 1.807) is 6.20 Å². The Labute approximate surface area is 123 Å². The average molecular weight is 310 g/mol. The van der Waals surface area contributed by atoms with Gasteiger partial charge in [0.1, 0.15) is 0 Å². The predicted molar refractivity (Wildman–Crippen MR) is 77.2 cm³/mol. The van der Waals surface area contributed by atoms with Crippen molar-refractivity contribution in [3.8, 4) is 11.3 Å². The number of H-pyrrole nitrogens is 1. The van der Waals surface area contributed by atoms with Crippen molar-refractivity contribution in [2.45, 2.75) is 25.7 Å². The van der Waals surface area contributed by atoms with Crippen LogP contribution in [0.4, 0.5) is 0 Å². The predicted octanol–water partition coefficient (Wildman–Crippen LogP) is 1.51. The molecule has 8 heteroatoms. The molecule has 0 aliphatic carbocycles. The number of piperidine rings is 1. The van der Waals surface area contributed by atoms with Gasteiger partial charge in [0.2, 0.25) is 10.0 Å². The van der Waals surface area contributed by atoms with Crippen LogP contribution >= 0.6 is 0 Å². The molecule has 1 aliphatic heterocycles. The molecule has 0 amide bonds. The maximum atomic E-state index is 11.7. The summed E-state index contributed by atoms with van der Waals surface area (Å²) >= 11 is 0. The summed E-state index contributed by atoms with van der Waals surface area (Å²) in [6.45, 7) is 2.92. The van der Waals surface area contributed by atoms with Crippen LogP contribution in [0.2, 0.25) is 0 Å². The largest absolute Gasteiger partial charge is 0.356 e. The minimum Gasteiger partial charge on any atom is -0.356 e. The first-order chi connectivity index (χ1) is 9.95. The molecule has 1 aliphatic rings. The minimum absolute atomic E-state index is 0.0939. The Balaban J connectivity index is 1.89. The summed E-state index contributed by atoms with van der Waals surface area (Å²) in [6.07, 6.45) is 4.72. The third kappa shape index (κ3) is 2.86. The van der Waals surface area contributed by atoms with Gasteiger partial charge in [0.05, 0.1) is 29.4 Å². The van der Waals surface area contributed by atoms with Crippen LogP contribution in [-0.4, -0.2) is 47.4 Å². The van der Waals surface area contributed by atoms with Gasteiger partial charge in [-0.1, -0.05) is 5.16 Å². The molecule has 21 heavy (non-hydrogen) atoms. The number of hydrogen-bond donors (Lipinski definition) is 1. The van der Waals surface area contributed by atoms with Gasteiger partial charge in [0.25, 0.3) is 0 Å². The second-order valence-corrected chi connectivity index (χ2v) is 7.47. The number of rotatable bonds is 3. The van der Waals surface area contributed by atoms with Gasteiger partial charge in [-0.2, -0.15) is 5.10 Å². The lowest BCUT2D eigenvalue weighted by atomic mass is 9.93. The number of aryl methyl sites for hydroxylation is 1. The highest BCUT2D eigenvalue weighted by Crippen LogP contribution is 2.33. The summed E-state index contributed by atoms with van der Waals surface area (Å²) in [5.41, 5.74) is 2.58. The fourth-order valence-corrected chi connectivity index (χ4v) is 3.68. The van der Waals surface area contributed by atoms with Crippen molar-refractivity contribution in [3.05, 3.63) is 23.7 Å². The number of aromatic nitrogens is 3. The maximum absolute atomic E-state index is 11.7. The highest BCUT2D eigenvalue weighted by molar-refractivity contribution is 7.88. The first-order valence-corrected chi connectivity index (χ1v) is 8.72. The lowest BCUT2D eigenvalue weighted by Crippen LogP contribution is -2.38. The zero-order valence-corrected chi connectivity index (χ0v) is 12.9. The molecule has 0 bridgehead atoms. The van der Waals surface area contributed by atoms with Gasteiger partial charge >= 0.3 is 0 Å². The molecule has 1 atom stereocenters. The second-order valence-electron chi connectivity index (χ2n) is 5.49. The van der Waals surface area contributed by atoms with Gasteiger partial charge in [-0.05, 0) is 19.8 Å². The molecule has 3 rings (SSSR count). The number of aromatic amines is 1. The molecule has 2 aromatic heterocycles. The van der Waals surface area contributed by atoms with Gasteiger partial charge in [-0.25, -0.2) is 12.7 Å². The standard InChI is InChI=1S/C13H18N4O3S/c1-9-6-12(20-16-9)11-7-14-15-13(11)10-4-3-5-17(8-10)21(2,18)19/h6-7,10H,3-5,8H2,1-2H3,(H,14,15). The lowest BCUT2D eigenvalue weighted by Gasteiger charge is -2.30. The van der Waals surface area contributed by atoms with E-state index in [0.29, 0.717) is 18.8 Å². The molecule has 7 nitrogen and oxygen atoms in total. The summed E-state index contributed by atoms with van der Waals surface area (Å²) in [5, 5.41) is 11.0. The van der Waals surface area contributed by atoms with Crippen molar-refractivity contribution >= 4 is 10.0 Å². The van der Waals surface area contributed by atoms with Crippen LogP contribution in [0.1, 0.15) is 30.1 Å². The van der Waals surface area contributed by atoms with Crippen LogP contribution in [0, 0.1) is 6.92 Å². The number of sulfonamides is 1. The van der Waals surface area contributed by atoms with Crippen LogP contribution in [-0.2, 0) is 10.0 Å². The molecule has 0 radical (unpaired) electrons. The molecule has 0 saturated carbocycles. The molecular weight excluding hydrogens is 292 g/mol. The van der Waals surface area contributed by atoms with Crippen molar-refractivity contribution in [1.82, 2.24) is 19.7 Å². The van der Waals surface area contributed by atoms with Gasteiger partial charge in [-0.15, -0.1) is 0 Å². The van der Waals surface area contributed by atoms with Gasteiger partial charge in [0.15, 0.2) is 5.76 Å². The highest BCUT2D eigenvalue weighted by Gasteiger charge is 2.30. The topological polar surface area (TPSA) is 92.1 Å². The first-order valence-electron chi connectivity index (χ1n) is 6.87. The number of nitrogens with one attached hydrogen (secondary N) is 1. The van der Waals surface area contributed by atoms with Gasteiger partial charge in [0, 0.05) is 25.1 Å². The number of hydrogen-bond acceptors (Lipinski definition) is 5. The Kier molecular flexibility index (Phi) is 3.58. The summed E-state index contributed by atoms with van der Waals surface area (Å²) < 4.78 is 30.3. The van der Waals surface area contributed by atoms with Crippen molar-refractivity contribution in [2.24, 2.45) is 0 Å². The third-order valence-corrected chi connectivity index (χ3v) is 5.09. The summed E-state index contributed by atoms with van der Waals surface area (Å²) in [7, 11) is -3.16. The molecular formula is C13H18N4O3S. The fraction of sp³-hybridized carbons (Fsp3) is 0.538. The van der Waals surface area contributed by atoms with Crippen molar-refractivity contribution in [1.29, 1.82) is 0 Å². The van der Waals surface area contributed by atoms with E-state index >= 15 is 0 Å². The second kappa shape index (κ2) is 5.27. The minimum atomic E-state index is -3.16. The Morgan fingerprint density at radius 2 is 2.29 bits per heavy atom. The Morgan fingerprint density at radius 1 is 1.48 bits per heavy atom. The van der Waals surface area contributed by atoms with E-state index in [9.17, 15) is 8.42 Å². The van der Waals surface area contributed by atoms with Crippen molar-refractivity contribution in [2.75, 3.05) is 19.3 Å². The summed E-state index contributed by atoms with van der Waals surface area (Å²) in [4.78, 5) is 0. The normalized spacial score (nSPS) is 20.8. The summed E-state index contributed by atoms with van der Waals surface area (Å²) in [6, 6.07) is 1.85. The van der Waals surface area contributed by atoms with Crippen LogP contribution < -0.4 is 0 Å². The average Bonchev–Trinajstić information content (AvgIpc) is 3.06. The van der Waals surface area contributed by atoms with Gasteiger partial charge in [-0.3, -0.25) is 5.10 Å². The van der Waals surface area contributed by atoms with Crippen molar-refractivity contribution < 1.29 is 12.9 Å². The van der Waals surface area contributed by atoms with Crippen LogP contribution in [0.15, 0.2) is 16.8 Å². The van der Waals surface area contributed by atoms with E-state index in [-0.39, 0.29) is 5.92 Å². The summed E-state index contributed by atoms with van der Waals surface area (Å²) in [5.74, 6) is 0.754. The van der Waals surface area contributed by atoms with Gasteiger partial charge < -0.3 is 4.52 Å². The molecule has 1 N–H and O–H groups in total. The van der Waals surface area contributed by atoms with Crippen molar-refractivity contribution in [3.63, 3.8) is 0 Å². The Morgan fingerprint density at radius 3 is 2.95 bits per heavy atom.